The number of aromatic amines is 2. The number of rotatable bonds is 3. The molecule has 0 radical (unpaired) electrons. The zero-order chi connectivity index (χ0) is 20.9. The third-order valence-electron chi connectivity index (χ3n) is 5.40. The molecule has 4 aromatic rings. The van der Waals surface area contributed by atoms with E-state index in [1.165, 1.54) is 16.4 Å². The summed E-state index contributed by atoms with van der Waals surface area (Å²) in [4.78, 5) is 18.6. The minimum absolute atomic E-state index is 0.227. The predicted octanol–water partition coefficient (Wildman–Crippen LogP) is 2.41. The average molecular weight is 426 g/mol. The molecule has 0 unspecified atom stereocenters. The molecule has 2 aromatic heterocycles. The molecule has 0 amide bonds. The fourth-order valence-corrected chi connectivity index (χ4v) is 5.30. The maximum Gasteiger partial charge on any atom is 0.257 e. The normalized spacial score (nSPS) is 15.8. The van der Waals surface area contributed by atoms with Gasteiger partial charge in [0.15, 0.2) is 0 Å². The molecule has 3 heterocycles. The van der Waals surface area contributed by atoms with Crippen LogP contribution in [0.4, 0.5) is 4.39 Å². The zero-order valence-electron chi connectivity index (χ0n) is 15.9. The number of sulfonamides is 1. The Morgan fingerprint density at radius 1 is 0.867 bits per heavy atom. The van der Waals surface area contributed by atoms with Crippen molar-refractivity contribution in [3.8, 4) is 11.3 Å². The number of piperazine rings is 1. The van der Waals surface area contributed by atoms with Crippen LogP contribution in [0.25, 0.3) is 33.1 Å². The molecule has 5 rings (SSSR count). The summed E-state index contributed by atoms with van der Waals surface area (Å²) in [6.45, 7) is 2.13. The van der Waals surface area contributed by atoms with Crippen molar-refractivity contribution in [3.63, 3.8) is 0 Å². The Hall–Kier alpha value is -3.01. The lowest BCUT2D eigenvalue weighted by Crippen LogP contribution is -2.46. The van der Waals surface area contributed by atoms with E-state index in [0.29, 0.717) is 53.7 Å². The Bertz CT molecular complexity index is 1440. The lowest BCUT2D eigenvalue weighted by Gasteiger charge is -2.26. The molecule has 0 spiro atoms. The summed E-state index contributed by atoms with van der Waals surface area (Å²) in [7, 11) is -3.57. The fraction of sp³-hybridized carbons (Fsp3) is 0.190. The number of nitrogens with one attached hydrogen (secondary N) is 3. The van der Waals surface area contributed by atoms with Crippen molar-refractivity contribution in [1.82, 2.24) is 19.6 Å². The van der Waals surface area contributed by atoms with Crippen LogP contribution in [0.15, 0.2) is 58.2 Å². The third-order valence-corrected chi connectivity index (χ3v) is 7.30. The minimum Gasteiger partial charge on any atom is -0.354 e. The first-order valence-electron chi connectivity index (χ1n) is 9.58. The van der Waals surface area contributed by atoms with Gasteiger partial charge >= 0.3 is 0 Å². The number of fused-ring (bicyclic) bond motifs is 2. The van der Waals surface area contributed by atoms with Crippen LogP contribution < -0.4 is 10.9 Å². The van der Waals surface area contributed by atoms with Crippen molar-refractivity contribution in [3.05, 3.63) is 64.7 Å². The number of hydrogen-bond acceptors (Lipinski definition) is 4. The number of pyridine rings is 1. The SMILES string of the molecule is O=c1[nH]c2cc(F)ccc2cc1-c1cc2cc(S(=O)(=O)N3CCNCC3)ccc2[nH]1. The number of hydrogen-bond donors (Lipinski definition) is 3. The molecule has 1 fully saturated rings. The molecule has 1 aliphatic heterocycles. The standard InChI is InChI=1S/C21H19FN4O3S/c22-15-2-1-13-10-17(21(27)25-19(13)12-15)20-11-14-9-16(3-4-18(14)24-20)30(28,29)26-7-5-23-6-8-26/h1-4,9-12,23-24H,5-8H2,(H,25,27). The Labute approximate surface area is 171 Å². The van der Waals surface area contributed by atoms with Crippen molar-refractivity contribution in [2.45, 2.75) is 4.90 Å². The first kappa shape index (κ1) is 19.0. The van der Waals surface area contributed by atoms with Crippen LogP contribution >= 0.6 is 0 Å². The number of aromatic nitrogens is 2. The molecule has 2 aromatic carbocycles. The van der Waals surface area contributed by atoms with Crippen molar-refractivity contribution in [2.24, 2.45) is 0 Å². The summed E-state index contributed by atoms with van der Waals surface area (Å²) in [5, 5.41) is 4.54. The molecule has 154 valence electrons. The Balaban J connectivity index is 1.58. The molecule has 1 saturated heterocycles. The van der Waals surface area contributed by atoms with Gasteiger partial charge < -0.3 is 15.3 Å². The van der Waals surface area contributed by atoms with E-state index in [4.69, 9.17) is 0 Å². The first-order valence-corrected chi connectivity index (χ1v) is 11.0. The molecule has 0 aliphatic carbocycles. The summed E-state index contributed by atoms with van der Waals surface area (Å²) < 4.78 is 40.8. The Morgan fingerprint density at radius 2 is 1.67 bits per heavy atom. The van der Waals surface area contributed by atoms with Gasteiger partial charge in [-0.2, -0.15) is 4.31 Å². The molecular weight excluding hydrogens is 407 g/mol. The topological polar surface area (TPSA) is 98.1 Å². The second-order valence-corrected chi connectivity index (χ2v) is 9.27. The lowest BCUT2D eigenvalue weighted by molar-refractivity contribution is 0.360. The Kier molecular flexibility index (Phi) is 4.46. The van der Waals surface area contributed by atoms with E-state index in [0.717, 1.165) is 5.52 Å². The summed E-state index contributed by atoms with van der Waals surface area (Å²) in [6.07, 6.45) is 0. The Morgan fingerprint density at radius 3 is 2.47 bits per heavy atom. The minimum atomic E-state index is -3.57. The van der Waals surface area contributed by atoms with Gasteiger partial charge in [-0.1, -0.05) is 0 Å². The second-order valence-electron chi connectivity index (χ2n) is 7.33. The lowest BCUT2D eigenvalue weighted by atomic mass is 10.1. The predicted molar refractivity (Wildman–Crippen MR) is 113 cm³/mol. The van der Waals surface area contributed by atoms with Gasteiger partial charge in [-0.25, -0.2) is 12.8 Å². The quantitative estimate of drug-likeness (QED) is 0.469. The molecule has 30 heavy (non-hydrogen) atoms. The molecule has 0 saturated carbocycles. The third kappa shape index (κ3) is 3.20. The molecule has 0 atom stereocenters. The maximum absolute atomic E-state index is 13.4. The van der Waals surface area contributed by atoms with Gasteiger partial charge in [0, 0.05) is 37.1 Å². The van der Waals surface area contributed by atoms with Crippen LogP contribution in [-0.4, -0.2) is 48.9 Å². The maximum atomic E-state index is 13.4. The smallest absolute Gasteiger partial charge is 0.257 e. The van der Waals surface area contributed by atoms with Crippen LogP contribution in [0.5, 0.6) is 0 Å². The van der Waals surface area contributed by atoms with Gasteiger partial charge in [0.25, 0.3) is 5.56 Å². The summed E-state index contributed by atoms with van der Waals surface area (Å²) in [6, 6.07) is 12.6. The van der Waals surface area contributed by atoms with E-state index in [9.17, 15) is 17.6 Å². The van der Waals surface area contributed by atoms with Crippen LogP contribution in [0.1, 0.15) is 0 Å². The van der Waals surface area contributed by atoms with E-state index in [-0.39, 0.29) is 10.5 Å². The van der Waals surface area contributed by atoms with Gasteiger partial charge in [-0.15, -0.1) is 0 Å². The van der Waals surface area contributed by atoms with Gasteiger partial charge in [0.1, 0.15) is 5.82 Å². The molecule has 3 N–H and O–H groups in total. The molecular formula is C21H19FN4O3S. The van der Waals surface area contributed by atoms with Gasteiger partial charge in [0.2, 0.25) is 10.0 Å². The number of halogens is 1. The van der Waals surface area contributed by atoms with Crippen LogP contribution in [-0.2, 0) is 10.0 Å². The summed E-state index contributed by atoms with van der Waals surface area (Å²) in [5.74, 6) is -0.422. The van der Waals surface area contributed by atoms with E-state index in [1.54, 1.807) is 36.4 Å². The molecule has 7 nitrogen and oxygen atoms in total. The highest BCUT2D eigenvalue weighted by atomic mass is 32.2. The number of H-pyrrole nitrogens is 2. The highest BCUT2D eigenvalue weighted by Gasteiger charge is 2.26. The fourth-order valence-electron chi connectivity index (χ4n) is 3.82. The highest BCUT2D eigenvalue weighted by Crippen LogP contribution is 2.27. The average Bonchev–Trinajstić information content (AvgIpc) is 3.17. The first-order chi connectivity index (χ1) is 14.4. The largest absolute Gasteiger partial charge is 0.354 e. The van der Waals surface area contributed by atoms with Crippen molar-refractivity contribution in [2.75, 3.05) is 26.2 Å². The van der Waals surface area contributed by atoms with Crippen molar-refractivity contribution >= 4 is 31.8 Å². The van der Waals surface area contributed by atoms with E-state index in [1.807, 2.05) is 0 Å². The zero-order valence-corrected chi connectivity index (χ0v) is 16.7. The van der Waals surface area contributed by atoms with Crippen molar-refractivity contribution in [1.29, 1.82) is 0 Å². The van der Waals surface area contributed by atoms with Crippen LogP contribution in [0, 0.1) is 5.82 Å². The van der Waals surface area contributed by atoms with Crippen molar-refractivity contribution < 1.29 is 12.8 Å². The number of nitrogens with zero attached hydrogens (tertiary/aromatic N) is 1. The van der Waals surface area contributed by atoms with E-state index < -0.39 is 15.8 Å². The molecule has 0 bridgehead atoms. The van der Waals surface area contributed by atoms with Crippen LogP contribution in [0.2, 0.25) is 0 Å². The van der Waals surface area contributed by atoms with Gasteiger partial charge in [-0.3, -0.25) is 4.79 Å². The van der Waals surface area contributed by atoms with Crippen LogP contribution in [0.3, 0.4) is 0 Å². The van der Waals surface area contributed by atoms with E-state index in [2.05, 4.69) is 15.3 Å². The second kappa shape index (κ2) is 7.05. The van der Waals surface area contributed by atoms with Gasteiger partial charge in [0.05, 0.1) is 21.7 Å². The summed E-state index contributed by atoms with van der Waals surface area (Å²) >= 11 is 0. The monoisotopic (exact) mass is 426 g/mol. The van der Waals surface area contributed by atoms with Gasteiger partial charge in [-0.05, 0) is 53.9 Å². The van der Waals surface area contributed by atoms with E-state index >= 15 is 0 Å². The summed E-state index contributed by atoms with van der Waals surface area (Å²) in [5.41, 5.74) is 1.76. The molecule has 1 aliphatic rings. The number of benzene rings is 2. The highest BCUT2D eigenvalue weighted by molar-refractivity contribution is 7.89. The molecule has 9 heteroatoms.